The summed E-state index contributed by atoms with van der Waals surface area (Å²) in [5, 5.41) is 19.9. The third-order valence-corrected chi connectivity index (χ3v) is 1.76. The fourth-order valence-corrected chi connectivity index (χ4v) is 0.998. The van der Waals surface area contributed by atoms with Gasteiger partial charge >= 0.3 is 0 Å². The van der Waals surface area contributed by atoms with Crippen LogP contribution >= 0.6 is 0 Å². The molecule has 1 aliphatic heterocycles. The van der Waals surface area contributed by atoms with Gasteiger partial charge in [0.2, 0.25) is 5.89 Å². The summed E-state index contributed by atoms with van der Waals surface area (Å²) in [7, 11) is 0. The normalized spacial score (nSPS) is 21.3. The molecule has 2 rings (SSSR count). The van der Waals surface area contributed by atoms with Crippen molar-refractivity contribution in [2.45, 2.75) is 12.5 Å². The monoisotopic (exact) mass is 155 g/mol. The molecule has 1 aromatic rings. The van der Waals surface area contributed by atoms with Gasteiger partial charge in [0, 0.05) is 20.0 Å². The first kappa shape index (κ1) is 6.75. The molecule has 0 unspecified atom stereocenters. The highest BCUT2D eigenvalue weighted by Gasteiger charge is 2.41. The second kappa shape index (κ2) is 2.02. The van der Waals surface area contributed by atoms with Crippen molar-refractivity contribution in [3.05, 3.63) is 11.8 Å². The molecular weight excluding hydrogens is 146 g/mol. The zero-order chi connectivity index (χ0) is 7.90. The van der Waals surface area contributed by atoms with E-state index in [9.17, 15) is 5.11 Å². The number of hydrogen-bond acceptors (Lipinski definition) is 5. The summed E-state index contributed by atoms with van der Waals surface area (Å²) in [6.07, 6.45) is 0. The van der Waals surface area contributed by atoms with E-state index >= 15 is 0 Å². The highest BCUT2D eigenvalue weighted by atomic mass is 16.4. The zero-order valence-corrected chi connectivity index (χ0v) is 6.16. The van der Waals surface area contributed by atoms with Crippen molar-refractivity contribution in [1.82, 2.24) is 15.5 Å². The molecule has 0 aliphatic carbocycles. The van der Waals surface area contributed by atoms with Gasteiger partial charge < -0.3 is 14.8 Å². The van der Waals surface area contributed by atoms with Gasteiger partial charge in [0.05, 0.1) is 0 Å². The molecule has 0 atom stereocenters. The molecule has 0 radical (unpaired) electrons. The van der Waals surface area contributed by atoms with Crippen LogP contribution in [0.15, 0.2) is 4.42 Å². The van der Waals surface area contributed by atoms with Crippen molar-refractivity contribution < 1.29 is 9.52 Å². The highest BCUT2D eigenvalue weighted by Crippen LogP contribution is 2.23. The Labute approximate surface area is 63.4 Å². The van der Waals surface area contributed by atoms with Crippen LogP contribution in [0.2, 0.25) is 0 Å². The van der Waals surface area contributed by atoms with Crippen LogP contribution in [0.4, 0.5) is 0 Å². The van der Waals surface area contributed by atoms with Gasteiger partial charge in [-0.15, -0.1) is 10.2 Å². The van der Waals surface area contributed by atoms with E-state index in [0.717, 1.165) is 0 Å². The molecule has 0 bridgehead atoms. The lowest BCUT2D eigenvalue weighted by Crippen LogP contribution is -2.56. The summed E-state index contributed by atoms with van der Waals surface area (Å²) >= 11 is 0. The van der Waals surface area contributed by atoms with E-state index < -0.39 is 5.60 Å². The molecule has 1 aliphatic rings. The average molecular weight is 155 g/mol. The second-order valence-corrected chi connectivity index (χ2v) is 2.76. The van der Waals surface area contributed by atoms with Crippen LogP contribution in [0.25, 0.3) is 0 Å². The van der Waals surface area contributed by atoms with Gasteiger partial charge in [-0.2, -0.15) is 0 Å². The van der Waals surface area contributed by atoms with E-state index in [-0.39, 0.29) is 0 Å². The average Bonchev–Trinajstić information content (AvgIpc) is 2.31. The molecule has 0 amide bonds. The number of nitrogens with zero attached hydrogens (tertiary/aromatic N) is 2. The molecule has 5 nitrogen and oxygen atoms in total. The molecule has 0 spiro atoms. The molecule has 60 valence electrons. The maximum atomic E-state index is 9.64. The van der Waals surface area contributed by atoms with Crippen LogP contribution in [-0.2, 0) is 5.60 Å². The fourth-order valence-electron chi connectivity index (χ4n) is 0.998. The third-order valence-electron chi connectivity index (χ3n) is 1.76. The lowest BCUT2D eigenvalue weighted by atomic mass is 9.98. The topological polar surface area (TPSA) is 71.2 Å². The number of aryl methyl sites for hydroxylation is 1. The third kappa shape index (κ3) is 0.928. The second-order valence-electron chi connectivity index (χ2n) is 2.76. The van der Waals surface area contributed by atoms with Crippen molar-refractivity contribution in [2.24, 2.45) is 0 Å². The Morgan fingerprint density at radius 1 is 1.55 bits per heavy atom. The Kier molecular flexibility index (Phi) is 1.24. The maximum absolute atomic E-state index is 9.64. The Morgan fingerprint density at radius 2 is 2.27 bits per heavy atom. The van der Waals surface area contributed by atoms with Crippen LogP contribution in [0.3, 0.4) is 0 Å². The maximum Gasteiger partial charge on any atom is 0.250 e. The molecule has 11 heavy (non-hydrogen) atoms. The minimum absolute atomic E-state index is 0.314. The largest absolute Gasteiger partial charge is 0.422 e. The number of rotatable bonds is 1. The summed E-state index contributed by atoms with van der Waals surface area (Å²) in [6.45, 7) is 2.69. The van der Waals surface area contributed by atoms with Gasteiger partial charge in [-0.25, -0.2) is 0 Å². The van der Waals surface area contributed by atoms with Crippen LogP contribution in [-0.4, -0.2) is 28.4 Å². The van der Waals surface area contributed by atoms with Crippen LogP contribution in [0.5, 0.6) is 0 Å². The predicted molar refractivity (Wildman–Crippen MR) is 35.8 cm³/mol. The van der Waals surface area contributed by atoms with E-state index in [1.807, 2.05) is 0 Å². The van der Waals surface area contributed by atoms with Gasteiger partial charge in [0.25, 0.3) is 5.89 Å². The molecule has 2 N–H and O–H groups in total. The van der Waals surface area contributed by atoms with Crippen LogP contribution < -0.4 is 5.32 Å². The summed E-state index contributed by atoms with van der Waals surface area (Å²) in [5.74, 6) is 0.800. The van der Waals surface area contributed by atoms with Gasteiger partial charge in [0.1, 0.15) is 0 Å². The Bertz CT molecular complexity index is 267. The Morgan fingerprint density at radius 3 is 2.64 bits per heavy atom. The fraction of sp³-hybridized carbons (Fsp3) is 0.667. The van der Waals surface area contributed by atoms with Crippen molar-refractivity contribution in [3.8, 4) is 0 Å². The predicted octanol–water partition coefficient (Wildman–Crippen LogP) is -0.831. The van der Waals surface area contributed by atoms with Gasteiger partial charge in [-0.1, -0.05) is 0 Å². The quantitative estimate of drug-likeness (QED) is 0.553. The Balaban J connectivity index is 2.28. The number of aliphatic hydroxyl groups is 1. The summed E-state index contributed by atoms with van der Waals surface area (Å²) < 4.78 is 5.08. The van der Waals surface area contributed by atoms with Crippen LogP contribution in [0.1, 0.15) is 11.8 Å². The van der Waals surface area contributed by atoms with E-state index in [4.69, 9.17) is 4.42 Å². The lowest BCUT2D eigenvalue weighted by molar-refractivity contribution is -0.0385. The SMILES string of the molecule is Cc1nnc(C2(O)CNC2)o1. The molecule has 1 aromatic heterocycles. The smallest absolute Gasteiger partial charge is 0.250 e. The summed E-state index contributed by atoms with van der Waals surface area (Å²) in [6, 6.07) is 0. The van der Waals surface area contributed by atoms with E-state index in [2.05, 4.69) is 15.5 Å². The van der Waals surface area contributed by atoms with Gasteiger partial charge in [0.15, 0.2) is 5.60 Å². The first-order valence-electron chi connectivity index (χ1n) is 3.44. The van der Waals surface area contributed by atoms with Gasteiger partial charge in [-0.05, 0) is 0 Å². The molecule has 1 saturated heterocycles. The highest BCUT2D eigenvalue weighted by molar-refractivity contribution is 5.05. The summed E-state index contributed by atoms with van der Waals surface area (Å²) in [4.78, 5) is 0. The number of hydrogen-bond donors (Lipinski definition) is 2. The summed E-state index contributed by atoms with van der Waals surface area (Å²) in [5.41, 5.74) is -0.915. The minimum Gasteiger partial charge on any atom is -0.422 e. The number of nitrogens with one attached hydrogen (secondary N) is 1. The van der Waals surface area contributed by atoms with Crippen molar-refractivity contribution >= 4 is 0 Å². The molecular formula is C6H9N3O2. The first-order valence-corrected chi connectivity index (χ1v) is 3.44. The number of β-amino-alcohol motifs (C(OH)–C–C–N with tert-alkyl or cyclic N) is 1. The van der Waals surface area contributed by atoms with Crippen LogP contribution in [0, 0.1) is 6.92 Å². The van der Waals surface area contributed by atoms with E-state index in [0.29, 0.717) is 24.9 Å². The molecule has 0 aromatic carbocycles. The number of aromatic nitrogens is 2. The van der Waals surface area contributed by atoms with Gasteiger partial charge in [-0.3, -0.25) is 0 Å². The van der Waals surface area contributed by atoms with E-state index in [1.165, 1.54) is 0 Å². The molecule has 2 heterocycles. The Hall–Kier alpha value is -0.940. The zero-order valence-electron chi connectivity index (χ0n) is 6.16. The molecule has 5 heteroatoms. The standard InChI is InChI=1S/C6H9N3O2/c1-4-8-9-5(11-4)6(10)2-7-3-6/h7,10H,2-3H2,1H3. The van der Waals surface area contributed by atoms with Crippen molar-refractivity contribution in [3.63, 3.8) is 0 Å². The van der Waals surface area contributed by atoms with Crippen molar-refractivity contribution in [1.29, 1.82) is 0 Å². The first-order chi connectivity index (χ1) is 5.21. The molecule has 1 fully saturated rings. The van der Waals surface area contributed by atoms with Crippen molar-refractivity contribution in [2.75, 3.05) is 13.1 Å². The van der Waals surface area contributed by atoms with E-state index in [1.54, 1.807) is 6.92 Å². The minimum atomic E-state index is -0.915. The lowest BCUT2D eigenvalue weighted by Gasteiger charge is -2.33. The molecule has 0 saturated carbocycles.